The van der Waals surface area contributed by atoms with Crippen LogP contribution >= 0.6 is 0 Å². The summed E-state index contributed by atoms with van der Waals surface area (Å²) in [6, 6.07) is 9.84. The molecule has 0 aliphatic rings. The number of hydrogen-bond acceptors (Lipinski definition) is 3. The van der Waals surface area contributed by atoms with Crippen LogP contribution in [0.1, 0.15) is 26.5 Å². The largest absolute Gasteiger partial charge is 0.461 e. The van der Waals surface area contributed by atoms with Crippen LogP contribution < -0.4 is 0 Å². The first-order valence-corrected chi connectivity index (χ1v) is 4.45. The first-order valence-electron chi connectivity index (χ1n) is 4.45. The van der Waals surface area contributed by atoms with Gasteiger partial charge in [0, 0.05) is 11.1 Å². The van der Waals surface area contributed by atoms with Crippen molar-refractivity contribution in [3.05, 3.63) is 59.5 Å². The number of aldehydes is 1. The molecule has 0 saturated heterocycles. The van der Waals surface area contributed by atoms with Gasteiger partial charge in [-0.15, -0.1) is 0 Å². The molecule has 0 N–H and O–H groups in total. The molecule has 0 aliphatic heterocycles. The van der Waals surface area contributed by atoms with E-state index >= 15 is 0 Å². The summed E-state index contributed by atoms with van der Waals surface area (Å²) in [6.45, 7) is 0. The molecule has 0 radical (unpaired) electrons. The van der Waals surface area contributed by atoms with Crippen LogP contribution in [-0.4, -0.2) is 12.1 Å². The summed E-state index contributed by atoms with van der Waals surface area (Å²) in [5.41, 5.74) is 0.737. The monoisotopic (exact) mass is 200 g/mol. The first-order chi connectivity index (χ1) is 7.33. The lowest BCUT2D eigenvalue weighted by atomic mass is 10.0. The van der Waals surface area contributed by atoms with E-state index < -0.39 is 0 Å². The molecular weight excluding hydrogens is 192 g/mol. The second-order valence-corrected chi connectivity index (χ2v) is 3.01. The number of carbonyl (C=O) groups is 2. The van der Waals surface area contributed by atoms with Gasteiger partial charge in [0.2, 0.25) is 5.78 Å². The molecule has 2 aromatic rings. The summed E-state index contributed by atoms with van der Waals surface area (Å²) >= 11 is 0. The van der Waals surface area contributed by atoms with Gasteiger partial charge in [-0.25, -0.2) is 0 Å². The van der Waals surface area contributed by atoms with Gasteiger partial charge < -0.3 is 4.42 Å². The second-order valence-electron chi connectivity index (χ2n) is 3.01. The van der Waals surface area contributed by atoms with Gasteiger partial charge in [-0.1, -0.05) is 24.3 Å². The highest BCUT2D eigenvalue weighted by molar-refractivity contribution is 6.11. The van der Waals surface area contributed by atoms with Crippen molar-refractivity contribution in [2.45, 2.75) is 0 Å². The van der Waals surface area contributed by atoms with Crippen LogP contribution in [0.15, 0.2) is 47.1 Å². The Kier molecular flexibility index (Phi) is 2.46. The standard InChI is InChI=1S/C12H8O3/c13-8-9-4-1-2-5-10(9)12(14)11-6-3-7-15-11/h1-8H. The third kappa shape index (κ3) is 1.72. The minimum Gasteiger partial charge on any atom is -0.461 e. The van der Waals surface area contributed by atoms with Crippen molar-refractivity contribution in [2.24, 2.45) is 0 Å². The van der Waals surface area contributed by atoms with E-state index in [1.54, 1.807) is 36.4 Å². The minimum absolute atomic E-state index is 0.240. The topological polar surface area (TPSA) is 47.3 Å². The van der Waals surface area contributed by atoms with E-state index in [1.807, 2.05) is 0 Å². The molecule has 74 valence electrons. The molecule has 3 nitrogen and oxygen atoms in total. The molecule has 0 unspecified atom stereocenters. The summed E-state index contributed by atoms with van der Waals surface area (Å²) < 4.78 is 4.98. The lowest BCUT2D eigenvalue weighted by Crippen LogP contribution is -2.03. The molecule has 0 amide bonds. The maximum atomic E-state index is 11.8. The fourth-order valence-corrected chi connectivity index (χ4v) is 1.35. The fraction of sp³-hybridized carbons (Fsp3) is 0. The van der Waals surface area contributed by atoms with E-state index in [0.29, 0.717) is 17.4 Å². The Morgan fingerprint density at radius 3 is 2.60 bits per heavy atom. The van der Waals surface area contributed by atoms with Crippen molar-refractivity contribution in [3.63, 3.8) is 0 Å². The van der Waals surface area contributed by atoms with Crippen LogP contribution in [0.5, 0.6) is 0 Å². The third-order valence-corrected chi connectivity index (χ3v) is 2.08. The average molecular weight is 200 g/mol. The van der Waals surface area contributed by atoms with Crippen molar-refractivity contribution >= 4 is 12.1 Å². The lowest BCUT2D eigenvalue weighted by molar-refractivity contribution is 0.100. The molecule has 1 aromatic heterocycles. The van der Waals surface area contributed by atoms with Crippen molar-refractivity contribution in [3.8, 4) is 0 Å². The normalized spacial score (nSPS) is 9.87. The molecule has 0 bridgehead atoms. The maximum Gasteiger partial charge on any atom is 0.228 e. The SMILES string of the molecule is O=Cc1ccccc1C(=O)c1ccco1. The Bertz CT molecular complexity index is 483. The molecule has 0 atom stereocenters. The smallest absolute Gasteiger partial charge is 0.228 e. The molecular formula is C12H8O3. The van der Waals surface area contributed by atoms with Gasteiger partial charge in [-0.05, 0) is 12.1 Å². The molecule has 1 heterocycles. The fourth-order valence-electron chi connectivity index (χ4n) is 1.35. The summed E-state index contributed by atoms with van der Waals surface area (Å²) in [5, 5.41) is 0. The Morgan fingerprint density at radius 2 is 1.93 bits per heavy atom. The van der Waals surface area contributed by atoms with Gasteiger partial charge >= 0.3 is 0 Å². The molecule has 1 aromatic carbocycles. The average Bonchev–Trinajstić information content (AvgIpc) is 2.81. The molecule has 15 heavy (non-hydrogen) atoms. The van der Waals surface area contributed by atoms with Gasteiger partial charge in [0.05, 0.1) is 6.26 Å². The quantitative estimate of drug-likeness (QED) is 0.564. The molecule has 0 spiro atoms. The van der Waals surface area contributed by atoms with Gasteiger partial charge in [-0.2, -0.15) is 0 Å². The van der Waals surface area contributed by atoms with Crippen LogP contribution in [0.2, 0.25) is 0 Å². The van der Waals surface area contributed by atoms with Crippen LogP contribution in [0.25, 0.3) is 0 Å². The molecule has 0 fully saturated rings. The lowest BCUT2D eigenvalue weighted by Gasteiger charge is -2.00. The number of carbonyl (C=O) groups excluding carboxylic acids is 2. The zero-order valence-corrected chi connectivity index (χ0v) is 7.84. The van der Waals surface area contributed by atoms with Crippen LogP contribution in [0.3, 0.4) is 0 Å². The van der Waals surface area contributed by atoms with E-state index in [0.717, 1.165) is 0 Å². The highest BCUT2D eigenvalue weighted by Gasteiger charge is 2.14. The zero-order chi connectivity index (χ0) is 10.7. The Morgan fingerprint density at radius 1 is 1.13 bits per heavy atom. The predicted octanol–water partition coefficient (Wildman–Crippen LogP) is 2.32. The van der Waals surface area contributed by atoms with E-state index in [1.165, 1.54) is 6.26 Å². The first kappa shape index (κ1) is 9.40. The molecule has 3 heteroatoms. The minimum atomic E-state index is -0.275. The van der Waals surface area contributed by atoms with E-state index in [-0.39, 0.29) is 11.5 Å². The number of hydrogen-bond donors (Lipinski definition) is 0. The van der Waals surface area contributed by atoms with Crippen molar-refractivity contribution in [1.29, 1.82) is 0 Å². The van der Waals surface area contributed by atoms with E-state index in [4.69, 9.17) is 4.42 Å². The van der Waals surface area contributed by atoms with Crippen molar-refractivity contribution in [1.82, 2.24) is 0 Å². The Balaban J connectivity index is 2.46. The van der Waals surface area contributed by atoms with Gasteiger partial charge in [0.15, 0.2) is 12.0 Å². The summed E-state index contributed by atoms with van der Waals surface area (Å²) in [4.78, 5) is 22.6. The van der Waals surface area contributed by atoms with Gasteiger partial charge in [0.1, 0.15) is 0 Å². The molecule has 2 rings (SSSR count). The second kappa shape index (κ2) is 3.92. The van der Waals surface area contributed by atoms with E-state index in [9.17, 15) is 9.59 Å². The van der Waals surface area contributed by atoms with Gasteiger partial charge in [-0.3, -0.25) is 9.59 Å². The Labute approximate surface area is 86.3 Å². The summed E-state index contributed by atoms with van der Waals surface area (Å²) in [5.74, 6) is -0.0352. The van der Waals surface area contributed by atoms with Crippen molar-refractivity contribution < 1.29 is 14.0 Å². The highest BCUT2D eigenvalue weighted by atomic mass is 16.3. The number of benzene rings is 1. The van der Waals surface area contributed by atoms with Crippen molar-refractivity contribution in [2.75, 3.05) is 0 Å². The summed E-state index contributed by atoms with van der Waals surface area (Å²) in [6.07, 6.45) is 2.09. The van der Waals surface area contributed by atoms with Crippen LogP contribution in [0.4, 0.5) is 0 Å². The third-order valence-electron chi connectivity index (χ3n) is 2.08. The van der Waals surface area contributed by atoms with Crippen LogP contribution in [-0.2, 0) is 0 Å². The van der Waals surface area contributed by atoms with Crippen LogP contribution in [0, 0.1) is 0 Å². The number of ketones is 1. The highest BCUT2D eigenvalue weighted by Crippen LogP contribution is 2.13. The zero-order valence-electron chi connectivity index (χ0n) is 7.84. The maximum absolute atomic E-state index is 11.8. The number of rotatable bonds is 3. The molecule has 0 saturated carbocycles. The predicted molar refractivity (Wildman–Crippen MR) is 54.0 cm³/mol. The van der Waals surface area contributed by atoms with E-state index in [2.05, 4.69) is 0 Å². The molecule has 0 aliphatic carbocycles. The number of furan rings is 1. The summed E-state index contributed by atoms with van der Waals surface area (Å²) in [7, 11) is 0. The Hall–Kier alpha value is -2.16. The van der Waals surface area contributed by atoms with Gasteiger partial charge in [0.25, 0.3) is 0 Å².